The van der Waals surface area contributed by atoms with Crippen LogP contribution in [0.4, 0.5) is 0 Å². The van der Waals surface area contributed by atoms with Gasteiger partial charge in [0.05, 0.1) is 12.9 Å². The van der Waals surface area contributed by atoms with E-state index in [2.05, 4.69) is 36.1 Å². The Morgan fingerprint density at radius 2 is 2.50 bits per heavy atom. The zero-order valence-electron chi connectivity index (χ0n) is 10.2. The summed E-state index contributed by atoms with van der Waals surface area (Å²) in [7, 11) is 4.30. The third-order valence-corrected chi connectivity index (χ3v) is 4.55. The predicted molar refractivity (Wildman–Crippen MR) is 69.9 cm³/mol. The van der Waals surface area contributed by atoms with Crippen molar-refractivity contribution in [3.8, 4) is 0 Å². The van der Waals surface area contributed by atoms with E-state index in [9.17, 15) is 0 Å². The van der Waals surface area contributed by atoms with Gasteiger partial charge in [-0.3, -0.25) is 4.90 Å². The summed E-state index contributed by atoms with van der Waals surface area (Å²) in [5.74, 6) is 2.48. The van der Waals surface area contributed by atoms with Crippen LogP contribution in [0, 0.1) is 0 Å². The first-order chi connectivity index (χ1) is 7.83. The van der Waals surface area contributed by atoms with Gasteiger partial charge in [0, 0.05) is 30.1 Å². The van der Waals surface area contributed by atoms with Gasteiger partial charge in [-0.2, -0.15) is 11.8 Å². The molecule has 0 bridgehead atoms. The quantitative estimate of drug-likeness (QED) is 0.806. The molecule has 0 aromatic carbocycles. The summed E-state index contributed by atoms with van der Waals surface area (Å²) in [5.41, 5.74) is 1.44. The highest BCUT2D eigenvalue weighted by atomic mass is 32.2. The van der Waals surface area contributed by atoms with Crippen molar-refractivity contribution in [1.29, 1.82) is 0 Å². The predicted octanol–water partition coefficient (Wildman–Crippen LogP) is 1.32. The van der Waals surface area contributed by atoms with Crippen molar-refractivity contribution in [3.05, 3.63) is 11.8 Å². The van der Waals surface area contributed by atoms with Crippen molar-refractivity contribution in [1.82, 2.24) is 10.2 Å². The van der Waals surface area contributed by atoms with Gasteiger partial charge in [-0.1, -0.05) is 0 Å². The van der Waals surface area contributed by atoms with Crippen molar-refractivity contribution >= 4 is 11.8 Å². The Morgan fingerprint density at radius 3 is 3.12 bits per heavy atom. The Balaban J connectivity index is 2.05. The highest BCUT2D eigenvalue weighted by Gasteiger charge is 2.30. The molecule has 2 heterocycles. The molecule has 0 aromatic heterocycles. The molecule has 1 saturated heterocycles. The van der Waals surface area contributed by atoms with Gasteiger partial charge in [-0.05, 0) is 32.5 Å². The molecule has 0 amide bonds. The van der Waals surface area contributed by atoms with E-state index in [0.717, 1.165) is 13.0 Å². The van der Waals surface area contributed by atoms with E-state index in [4.69, 9.17) is 4.74 Å². The molecule has 2 aliphatic rings. The molecule has 0 saturated carbocycles. The largest absolute Gasteiger partial charge is 0.501 e. The zero-order valence-corrected chi connectivity index (χ0v) is 11.1. The van der Waals surface area contributed by atoms with E-state index in [1.165, 1.54) is 30.0 Å². The summed E-state index contributed by atoms with van der Waals surface area (Å²) in [6.07, 6.45) is 4.33. The van der Waals surface area contributed by atoms with Crippen LogP contribution in [0.2, 0.25) is 0 Å². The average Bonchev–Trinajstić information content (AvgIpc) is 2.34. The summed E-state index contributed by atoms with van der Waals surface area (Å²) in [4.78, 5) is 2.48. The van der Waals surface area contributed by atoms with Gasteiger partial charge in [0.1, 0.15) is 0 Å². The number of rotatable bonds is 3. The smallest absolute Gasteiger partial charge is 0.0876 e. The Hall–Kier alpha value is -0.190. The van der Waals surface area contributed by atoms with Crippen molar-refractivity contribution in [2.45, 2.75) is 24.9 Å². The Morgan fingerprint density at radius 1 is 1.62 bits per heavy atom. The molecule has 16 heavy (non-hydrogen) atoms. The van der Waals surface area contributed by atoms with Crippen LogP contribution in [0.15, 0.2) is 11.8 Å². The van der Waals surface area contributed by atoms with Crippen LogP contribution in [-0.4, -0.2) is 55.7 Å². The normalized spacial score (nSPS) is 29.4. The summed E-state index contributed by atoms with van der Waals surface area (Å²) in [5, 5.41) is 3.47. The molecule has 0 radical (unpaired) electrons. The van der Waals surface area contributed by atoms with Crippen LogP contribution in [0.3, 0.4) is 0 Å². The summed E-state index contributed by atoms with van der Waals surface area (Å²) in [6, 6.07) is 1.06. The lowest BCUT2D eigenvalue weighted by Gasteiger charge is -2.39. The molecule has 4 heteroatoms. The fourth-order valence-corrected chi connectivity index (χ4v) is 3.77. The van der Waals surface area contributed by atoms with Gasteiger partial charge in [-0.15, -0.1) is 0 Å². The average molecular weight is 242 g/mol. The van der Waals surface area contributed by atoms with Crippen LogP contribution >= 0.6 is 11.8 Å². The van der Waals surface area contributed by atoms with E-state index >= 15 is 0 Å². The molecular weight excluding hydrogens is 220 g/mol. The number of ether oxygens (including phenoxy) is 1. The number of hydrogen-bond acceptors (Lipinski definition) is 4. The molecule has 0 aromatic rings. The van der Waals surface area contributed by atoms with Crippen LogP contribution in [0.25, 0.3) is 0 Å². The maximum atomic E-state index is 5.46. The molecular formula is C12H22N2OS. The first-order valence-electron chi connectivity index (χ1n) is 6.08. The van der Waals surface area contributed by atoms with Crippen LogP contribution < -0.4 is 5.32 Å². The highest BCUT2D eigenvalue weighted by molar-refractivity contribution is 7.99. The number of likely N-dealkylation sites (N-methyl/N-ethyl adjacent to an activating group) is 2. The fraction of sp³-hybridized carbons (Fsp3) is 0.833. The molecule has 0 spiro atoms. The molecule has 3 nitrogen and oxygen atoms in total. The lowest BCUT2D eigenvalue weighted by Crippen LogP contribution is -2.52. The minimum Gasteiger partial charge on any atom is -0.501 e. The van der Waals surface area contributed by atoms with E-state index in [0.29, 0.717) is 12.1 Å². The van der Waals surface area contributed by atoms with Gasteiger partial charge in [-0.25, -0.2) is 0 Å². The monoisotopic (exact) mass is 242 g/mol. The molecule has 2 atom stereocenters. The fourth-order valence-electron chi connectivity index (χ4n) is 2.49. The molecule has 1 fully saturated rings. The summed E-state index contributed by atoms with van der Waals surface area (Å²) < 4.78 is 5.46. The summed E-state index contributed by atoms with van der Waals surface area (Å²) >= 11 is 2.06. The first-order valence-corrected chi connectivity index (χ1v) is 7.24. The lowest BCUT2D eigenvalue weighted by atomic mass is 9.95. The van der Waals surface area contributed by atoms with E-state index < -0.39 is 0 Å². The Bertz CT molecular complexity index is 257. The van der Waals surface area contributed by atoms with E-state index in [-0.39, 0.29) is 0 Å². The molecule has 0 aliphatic carbocycles. The van der Waals surface area contributed by atoms with E-state index in [1.54, 1.807) is 0 Å². The first kappa shape index (κ1) is 12.3. The third-order valence-electron chi connectivity index (χ3n) is 3.50. The lowest BCUT2D eigenvalue weighted by molar-refractivity contribution is 0.197. The Labute approximate surface area is 103 Å². The minimum absolute atomic E-state index is 0.457. The number of thioether (sulfide) groups is 1. The second kappa shape index (κ2) is 5.94. The zero-order chi connectivity index (χ0) is 11.4. The van der Waals surface area contributed by atoms with Crippen LogP contribution in [0.1, 0.15) is 12.8 Å². The molecule has 1 N–H and O–H groups in total. The maximum Gasteiger partial charge on any atom is 0.0876 e. The van der Waals surface area contributed by atoms with Crippen molar-refractivity contribution in [2.75, 3.05) is 38.8 Å². The van der Waals surface area contributed by atoms with Gasteiger partial charge in [0.15, 0.2) is 0 Å². The highest BCUT2D eigenvalue weighted by Crippen LogP contribution is 2.24. The van der Waals surface area contributed by atoms with Gasteiger partial charge in [0.25, 0.3) is 0 Å². The van der Waals surface area contributed by atoms with Crippen molar-refractivity contribution in [2.24, 2.45) is 0 Å². The summed E-state index contributed by atoms with van der Waals surface area (Å²) in [6.45, 7) is 2.08. The van der Waals surface area contributed by atoms with Gasteiger partial charge in [0.2, 0.25) is 0 Å². The van der Waals surface area contributed by atoms with Crippen molar-refractivity contribution in [3.63, 3.8) is 0 Å². The van der Waals surface area contributed by atoms with Crippen LogP contribution in [0.5, 0.6) is 0 Å². The number of nitrogens with zero attached hydrogens (tertiary/aromatic N) is 1. The maximum absolute atomic E-state index is 5.46. The standard InChI is InChI=1S/C12H22N2OS/c1-13-12(10-4-3-6-15-8-10)11-9-16-7-5-14(11)2/h8,11-13H,3-7,9H2,1-2H3. The second-order valence-corrected chi connectivity index (χ2v) is 5.71. The van der Waals surface area contributed by atoms with Gasteiger partial charge >= 0.3 is 0 Å². The topological polar surface area (TPSA) is 24.5 Å². The number of nitrogens with one attached hydrogen (secondary N) is 1. The van der Waals surface area contributed by atoms with Crippen LogP contribution in [-0.2, 0) is 4.74 Å². The number of hydrogen-bond donors (Lipinski definition) is 1. The minimum atomic E-state index is 0.457. The van der Waals surface area contributed by atoms with Crippen molar-refractivity contribution < 1.29 is 4.74 Å². The molecule has 2 unspecified atom stereocenters. The molecule has 2 aliphatic heterocycles. The Kier molecular flexibility index (Phi) is 4.55. The van der Waals surface area contributed by atoms with E-state index in [1.807, 2.05) is 6.26 Å². The molecule has 92 valence electrons. The third kappa shape index (κ3) is 2.73. The second-order valence-electron chi connectivity index (χ2n) is 4.56. The SMILES string of the molecule is CNC(C1=COCCC1)C1CSCCN1C. The van der Waals surface area contributed by atoms with Gasteiger partial charge < -0.3 is 10.1 Å². The molecule has 2 rings (SSSR count).